The van der Waals surface area contributed by atoms with E-state index in [9.17, 15) is 17.9 Å². The summed E-state index contributed by atoms with van der Waals surface area (Å²) in [6.45, 7) is 3.37. The van der Waals surface area contributed by atoms with Crippen molar-refractivity contribution in [1.29, 1.82) is 0 Å². The number of aromatic hydroxyl groups is 1. The van der Waals surface area contributed by atoms with Crippen molar-refractivity contribution in [2.75, 3.05) is 18.0 Å². The van der Waals surface area contributed by atoms with Crippen LogP contribution in [0.4, 0.5) is 10.1 Å². The fourth-order valence-corrected chi connectivity index (χ4v) is 3.68. The average molecular weight is 324 g/mol. The van der Waals surface area contributed by atoms with Crippen molar-refractivity contribution in [1.82, 2.24) is 4.72 Å². The van der Waals surface area contributed by atoms with Crippen LogP contribution >= 0.6 is 0 Å². The summed E-state index contributed by atoms with van der Waals surface area (Å²) in [4.78, 5) is 0. The number of phenols is 1. The van der Waals surface area contributed by atoms with E-state index in [4.69, 9.17) is 4.74 Å². The van der Waals surface area contributed by atoms with Crippen molar-refractivity contribution in [3.8, 4) is 11.5 Å². The summed E-state index contributed by atoms with van der Waals surface area (Å²) in [5.41, 5.74) is -0.212. The lowest BCUT2D eigenvalue weighted by Gasteiger charge is -2.18. The molecule has 0 radical (unpaired) electrons. The molecular formula is C14H13FN2O4S. The fourth-order valence-electron chi connectivity index (χ4n) is 2.40. The Kier molecular flexibility index (Phi) is 3.13. The molecule has 8 heteroatoms. The minimum Gasteiger partial charge on any atom is -0.506 e. The first-order chi connectivity index (χ1) is 10.3. The van der Waals surface area contributed by atoms with Gasteiger partial charge in [0.15, 0.2) is 5.82 Å². The van der Waals surface area contributed by atoms with Crippen LogP contribution in [0.25, 0.3) is 10.8 Å². The maximum Gasteiger partial charge on any atom is 0.324 e. The summed E-state index contributed by atoms with van der Waals surface area (Å²) in [5, 5.41) is 10.6. The topological polar surface area (TPSA) is 78.9 Å². The molecule has 6 nitrogen and oxygen atoms in total. The molecule has 2 N–H and O–H groups in total. The molecule has 1 fully saturated rings. The van der Waals surface area contributed by atoms with Gasteiger partial charge in [-0.05, 0) is 23.6 Å². The van der Waals surface area contributed by atoms with Crippen LogP contribution in [0, 0.1) is 5.82 Å². The Morgan fingerprint density at radius 3 is 2.73 bits per heavy atom. The Hall–Kier alpha value is -2.48. The van der Waals surface area contributed by atoms with E-state index in [0.717, 1.165) is 4.31 Å². The zero-order chi connectivity index (χ0) is 16.1. The number of hydrogen-bond donors (Lipinski definition) is 2. The maximum absolute atomic E-state index is 14.8. The zero-order valence-electron chi connectivity index (χ0n) is 11.6. The highest BCUT2D eigenvalue weighted by atomic mass is 32.2. The smallest absolute Gasteiger partial charge is 0.324 e. The molecule has 0 aromatic heterocycles. The Bertz CT molecular complexity index is 895. The van der Waals surface area contributed by atoms with Crippen molar-refractivity contribution in [2.24, 2.45) is 0 Å². The van der Waals surface area contributed by atoms with Gasteiger partial charge in [-0.15, -0.1) is 0 Å². The number of methoxy groups -OCH3 is 1. The first kappa shape index (κ1) is 14.5. The van der Waals surface area contributed by atoms with Crippen molar-refractivity contribution in [3.63, 3.8) is 0 Å². The molecule has 0 atom stereocenters. The molecule has 2 aromatic rings. The van der Waals surface area contributed by atoms with E-state index in [2.05, 4.69) is 11.3 Å². The molecule has 1 aliphatic rings. The fraction of sp³-hybridized carbons (Fsp3) is 0.143. The molecular weight excluding hydrogens is 311 g/mol. The van der Waals surface area contributed by atoms with Gasteiger partial charge in [-0.2, -0.15) is 8.42 Å². The quantitative estimate of drug-likeness (QED) is 0.884. The van der Waals surface area contributed by atoms with E-state index in [-0.39, 0.29) is 17.6 Å². The predicted molar refractivity (Wildman–Crippen MR) is 80.7 cm³/mol. The number of halogens is 1. The number of benzene rings is 2. The lowest BCUT2D eigenvalue weighted by Crippen LogP contribution is -2.30. The van der Waals surface area contributed by atoms with Gasteiger partial charge in [0.05, 0.1) is 13.7 Å². The Labute approximate surface area is 126 Å². The number of phenolic OH excluding ortho intramolecular Hbond substituents is 1. The van der Waals surface area contributed by atoms with Crippen LogP contribution in [0.3, 0.4) is 0 Å². The van der Waals surface area contributed by atoms with Gasteiger partial charge in [0.25, 0.3) is 0 Å². The highest BCUT2D eigenvalue weighted by molar-refractivity contribution is 7.91. The Morgan fingerprint density at radius 1 is 1.41 bits per heavy atom. The van der Waals surface area contributed by atoms with E-state index in [1.165, 1.54) is 19.2 Å². The number of ether oxygens (including phenoxy) is 1. The van der Waals surface area contributed by atoms with E-state index in [1.807, 2.05) is 0 Å². The van der Waals surface area contributed by atoms with E-state index < -0.39 is 27.5 Å². The van der Waals surface area contributed by atoms with E-state index >= 15 is 0 Å². The van der Waals surface area contributed by atoms with Crippen molar-refractivity contribution in [3.05, 3.63) is 42.4 Å². The second kappa shape index (κ2) is 4.77. The number of rotatable bonds is 2. The third-order valence-electron chi connectivity index (χ3n) is 3.39. The summed E-state index contributed by atoms with van der Waals surface area (Å²) in [6.07, 6.45) is 0. The largest absolute Gasteiger partial charge is 0.506 e. The van der Waals surface area contributed by atoms with Gasteiger partial charge in [0.1, 0.15) is 17.2 Å². The van der Waals surface area contributed by atoms with Gasteiger partial charge in [-0.25, -0.2) is 8.70 Å². The normalized spacial score (nSPS) is 16.8. The molecule has 0 unspecified atom stereocenters. The van der Waals surface area contributed by atoms with Gasteiger partial charge < -0.3 is 9.84 Å². The molecule has 3 rings (SSSR count). The monoisotopic (exact) mass is 324 g/mol. The van der Waals surface area contributed by atoms with Crippen molar-refractivity contribution < 1.29 is 22.7 Å². The first-order valence-electron chi connectivity index (χ1n) is 6.31. The minimum atomic E-state index is -3.97. The molecule has 0 saturated carbocycles. The van der Waals surface area contributed by atoms with Crippen LogP contribution in [0.15, 0.2) is 36.5 Å². The molecule has 116 valence electrons. The van der Waals surface area contributed by atoms with Crippen LogP contribution in [-0.4, -0.2) is 27.2 Å². The molecule has 22 heavy (non-hydrogen) atoms. The summed E-state index contributed by atoms with van der Waals surface area (Å²) in [5.74, 6) is -0.876. The molecule has 0 spiro atoms. The molecule has 0 aliphatic carbocycles. The molecule has 0 bridgehead atoms. The number of nitrogens with zero attached hydrogens (tertiary/aromatic N) is 1. The van der Waals surface area contributed by atoms with Crippen LogP contribution in [0.2, 0.25) is 0 Å². The van der Waals surface area contributed by atoms with Gasteiger partial charge in [-0.3, -0.25) is 4.72 Å². The van der Waals surface area contributed by atoms with Crippen molar-refractivity contribution >= 4 is 26.7 Å². The lowest BCUT2D eigenvalue weighted by molar-refractivity contribution is 0.415. The predicted octanol–water partition coefficient (Wildman–Crippen LogP) is 1.86. The number of fused-ring (bicyclic) bond motifs is 1. The second-order valence-electron chi connectivity index (χ2n) is 4.86. The number of anilines is 1. The maximum atomic E-state index is 14.8. The summed E-state index contributed by atoms with van der Waals surface area (Å²) in [6, 6.07) is 5.95. The van der Waals surface area contributed by atoms with E-state index in [0.29, 0.717) is 11.1 Å². The summed E-state index contributed by atoms with van der Waals surface area (Å²) >= 11 is 0. The molecule has 0 amide bonds. The van der Waals surface area contributed by atoms with Gasteiger partial charge in [0, 0.05) is 11.1 Å². The second-order valence-corrected chi connectivity index (χ2v) is 6.46. The van der Waals surface area contributed by atoms with Gasteiger partial charge in [0.2, 0.25) is 0 Å². The lowest BCUT2D eigenvalue weighted by atomic mass is 10.1. The zero-order valence-corrected chi connectivity index (χ0v) is 12.4. The molecule has 1 aliphatic heterocycles. The van der Waals surface area contributed by atoms with Crippen LogP contribution in [0.5, 0.6) is 11.5 Å². The molecule has 2 aromatic carbocycles. The standard InChI is InChI=1S/C14H13FN2O4S/c1-8-7-17(22(19,20)16-8)14-12(18)5-9-3-4-10(21-2)6-11(9)13(14)15/h3-6,16,18H,1,7H2,2H3. The summed E-state index contributed by atoms with van der Waals surface area (Å²) in [7, 11) is -2.52. The van der Waals surface area contributed by atoms with Gasteiger partial charge >= 0.3 is 10.2 Å². The molecule has 1 heterocycles. The third-order valence-corrected chi connectivity index (χ3v) is 4.83. The average Bonchev–Trinajstić information content (AvgIpc) is 2.71. The Balaban J connectivity index is 2.28. The van der Waals surface area contributed by atoms with Gasteiger partial charge in [-0.1, -0.05) is 12.6 Å². The minimum absolute atomic E-state index is 0.151. The number of hydrogen-bond acceptors (Lipinski definition) is 4. The van der Waals surface area contributed by atoms with Crippen LogP contribution in [-0.2, 0) is 10.2 Å². The Morgan fingerprint density at radius 2 is 2.14 bits per heavy atom. The SMILES string of the molecule is C=C1CN(c2c(O)cc3ccc(OC)cc3c2F)S(=O)(=O)N1. The van der Waals surface area contributed by atoms with Crippen LogP contribution in [0.1, 0.15) is 0 Å². The van der Waals surface area contributed by atoms with E-state index in [1.54, 1.807) is 12.1 Å². The highest BCUT2D eigenvalue weighted by Crippen LogP contribution is 2.39. The van der Waals surface area contributed by atoms with Crippen molar-refractivity contribution in [2.45, 2.75) is 0 Å². The summed E-state index contributed by atoms with van der Waals surface area (Å²) < 4.78 is 46.7. The molecule has 1 saturated heterocycles. The highest BCUT2D eigenvalue weighted by Gasteiger charge is 2.35. The first-order valence-corrected chi connectivity index (χ1v) is 7.75. The number of nitrogens with one attached hydrogen (secondary N) is 1. The van der Waals surface area contributed by atoms with Crippen LogP contribution < -0.4 is 13.8 Å². The third kappa shape index (κ3) is 2.12.